The van der Waals surface area contributed by atoms with Crippen molar-refractivity contribution in [2.24, 2.45) is 0 Å². The van der Waals surface area contributed by atoms with Gasteiger partial charge in [0.15, 0.2) is 0 Å². The van der Waals surface area contributed by atoms with Crippen molar-refractivity contribution in [3.8, 4) is 0 Å². The number of H-pyrrole nitrogens is 1. The van der Waals surface area contributed by atoms with Crippen LogP contribution in [0, 0.1) is 13.8 Å². The van der Waals surface area contributed by atoms with E-state index in [9.17, 15) is 4.79 Å². The number of aryl methyl sites for hydroxylation is 2. The van der Waals surface area contributed by atoms with Crippen LogP contribution in [0.1, 0.15) is 29.7 Å². The topological polar surface area (TPSA) is 56.9 Å². The summed E-state index contributed by atoms with van der Waals surface area (Å²) in [6, 6.07) is 6.30. The van der Waals surface area contributed by atoms with Gasteiger partial charge in [-0.3, -0.25) is 4.79 Å². The van der Waals surface area contributed by atoms with Crippen molar-refractivity contribution in [3.05, 3.63) is 35.0 Å². The Bertz CT molecular complexity index is 601. The van der Waals surface area contributed by atoms with E-state index in [1.165, 1.54) is 16.6 Å². The fourth-order valence-electron chi connectivity index (χ4n) is 2.33. The van der Waals surface area contributed by atoms with Crippen LogP contribution in [0.5, 0.6) is 0 Å². The minimum Gasteiger partial charge on any atom is -0.358 e. The lowest BCUT2D eigenvalue weighted by molar-refractivity contribution is -0.121. The smallest absolute Gasteiger partial charge is 0.220 e. The molecule has 0 bridgehead atoms. The Morgan fingerprint density at radius 1 is 1.30 bits per heavy atom. The van der Waals surface area contributed by atoms with E-state index in [1.54, 1.807) is 0 Å². The summed E-state index contributed by atoms with van der Waals surface area (Å²) in [5.74, 6) is 0.113. The van der Waals surface area contributed by atoms with Crippen LogP contribution < -0.4 is 10.6 Å². The third kappa shape index (κ3) is 3.39. The molecule has 0 radical (unpaired) electrons. The zero-order valence-corrected chi connectivity index (χ0v) is 12.5. The highest BCUT2D eigenvalue weighted by atomic mass is 16.1. The lowest BCUT2D eigenvalue weighted by atomic mass is 10.1. The molecule has 4 nitrogen and oxygen atoms in total. The molecule has 0 saturated carbocycles. The van der Waals surface area contributed by atoms with Crippen molar-refractivity contribution in [1.82, 2.24) is 15.6 Å². The van der Waals surface area contributed by atoms with Gasteiger partial charge in [0, 0.05) is 29.6 Å². The number of carbonyl (C=O) groups excluding carboxylic acids is 1. The highest BCUT2D eigenvalue weighted by Gasteiger charge is 2.06. The van der Waals surface area contributed by atoms with E-state index in [1.807, 2.05) is 7.05 Å². The van der Waals surface area contributed by atoms with Crippen molar-refractivity contribution in [2.75, 3.05) is 13.6 Å². The molecule has 4 heteroatoms. The summed E-state index contributed by atoms with van der Waals surface area (Å²) in [6.07, 6.45) is 1.45. The first-order valence-corrected chi connectivity index (χ1v) is 7.11. The monoisotopic (exact) mass is 273 g/mol. The third-order valence-electron chi connectivity index (χ3n) is 3.69. The highest BCUT2D eigenvalue weighted by Crippen LogP contribution is 2.22. The molecular weight excluding hydrogens is 250 g/mol. The van der Waals surface area contributed by atoms with E-state index in [2.05, 4.69) is 47.7 Å². The Kier molecular flexibility index (Phi) is 4.79. The molecule has 0 fully saturated rings. The van der Waals surface area contributed by atoms with E-state index in [0.29, 0.717) is 13.0 Å². The number of hydrogen-bond acceptors (Lipinski definition) is 2. The van der Waals surface area contributed by atoms with E-state index >= 15 is 0 Å². The second-order valence-corrected chi connectivity index (χ2v) is 5.24. The molecule has 0 aliphatic carbocycles. The van der Waals surface area contributed by atoms with E-state index in [4.69, 9.17) is 0 Å². The van der Waals surface area contributed by atoms with Crippen LogP contribution in [0.3, 0.4) is 0 Å². The van der Waals surface area contributed by atoms with Gasteiger partial charge in [0.25, 0.3) is 0 Å². The van der Waals surface area contributed by atoms with Gasteiger partial charge in [0.05, 0.1) is 0 Å². The second-order valence-electron chi connectivity index (χ2n) is 5.24. The molecule has 1 heterocycles. The maximum Gasteiger partial charge on any atom is 0.220 e. The fraction of sp³-hybridized carbons (Fsp3) is 0.438. The van der Waals surface area contributed by atoms with Crippen LogP contribution in [0.4, 0.5) is 0 Å². The number of amides is 1. The molecule has 1 aromatic carbocycles. The third-order valence-corrected chi connectivity index (χ3v) is 3.69. The second kappa shape index (κ2) is 6.57. The fourth-order valence-corrected chi connectivity index (χ4v) is 2.33. The molecule has 2 rings (SSSR count). The van der Waals surface area contributed by atoms with Gasteiger partial charge in [0.1, 0.15) is 0 Å². The van der Waals surface area contributed by atoms with Crippen molar-refractivity contribution < 1.29 is 4.79 Å². The van der Waals surface area contributed by atoms with Gasteiger partial charge in [-0.2, -0.15) is 0 Å². The van der Waals surface area contributed by atoms with Crippen molar-refractivity contribution >= 4 is 16.8 Å². The summed E-state index contributed by atoms with van der Waals surface area (Å²) in [4.78, 5) is 15.0. The number of aromatic nitrogens is 1. The number of fused-ring (bicyclic) bond motifs is 1. The molecule has 20 heavy (non-hydrogen) atoms. The largest absolute Gasteiger partial charge is 0.358 e. The predicted molar refractivity (Wildman–Crippen MR) is 82.8 cm³/mol. The summed E-state index contributed by atoms with van der Waals surface area (Å²) in [7, 11) is 1.90. The van der Waals surface area contributed by atoms with Gasteiger partial charge in [-0.05, 0) is 57.1 Å². The van der Waals surface area contributed by atoms with Gasteiger partial charge < -0.3 is 15.6 Å². The minimum atomic E-state index is 0.113. The van der Waals surface area contributed by atoms with E-state index < -0.39 is 0 Å². The Morgan fingerprint density at radius 2 is 2.10 bits per heavy atom. The van der Waals surface area contributed by atoms with Gasteiger partial charge in [0.2, 0.25) is 5.91 Å². The Hall–Kier alpha value is -1.81. The molecule has 0 unspecified atom stereocenters. The number of hydrogen-bond donors (Lipinski definition) is 3. The molecule has 0 aliphatic rings. The molecule has 0 atom stereocenters. The molecule has 0 saturated heterocycles. The van der Waals surface area contributed by atoms with Gasteiger partial charge >= 0.3 is 0 Å². The first kappa shape index (κ1) is 14.6. The molecule has 3 N–H and O–H groups in total. The zero-order valence-electron chi connectivity index (χ0n) is 12.5. The molecule has 0 aliphatic heterocycles. The lowest BCUT2D eigenvalue weighted by Crippen LogP contribution is -2.23. The van der Waals surface area contributed by atoms with Crippen LogP contribution >= 0.6 is 0 Å². The van der Waals surface area contributed by atoms with Crippen molar-refractivity contribution in [2.45, 2.75) is 33.2 Å². The zero-order chi connectivity index (χ0) is 14.5. The van der Waals surface area contributed by atoms with Crippen LogP contribution in [-0.4, -0.2) is 24.5 Å². The maximum atomic E-state index is 11.7. The van der Waals surface area contributed by atoms with Crippen LogP contribution in [0.2, 0.25) is 0 Å². The van der Waals surface area contributed by atoms with Crippen LogP contribution in [-0.2, 0) is 11.3 Å². The molecule has 108 valence electrons. The SMILES string of the molecule is CNCCCC(=O)NCc1ccc2[nH]c(C)c(C)c2c1. The summed E-state index contributed by atoms with van der Waals surface area (Å²) < 4.78 is 0. The Balaban J connectivity index is 1.96. The summed E-state index contributed by atoms with van der Waals surface area (Å²) in [5, 5.41) is 7.25. The van der Waals surface area contributed by atoms with Gasteiger partial charge in [-0.25, -0.2) is 0 Å². The van der Waals surface area contributed by atoms with Gasteiger partial charge in [-0.15, -0.1) is 0 Å². The molecule has 0 spiro atoms. The summed E-state index contributed by atoms with van der Waals surface area (Å²) >= 11 is 0. The van der Waals surface area contributed by atoms with Gasteiger partial charge in [-0.1, -0.05) is 6.07 Å². The lowest BCUT2D eigenvalue weighted by Gasteiger charge is -2.06. The normalized spacial score (nSPS) is 10.9. The number of nitrogens with one attached hydrogen (secondary N) is 3. The maximum absolute atomic E-state index is 11.7. The van der Waals surface area contributed by atoms with Crippen molar-refractivity contribution in [3.63, 3.8) is 0 Å². The molecule has 2 aromatic rings. The average Bonchev–Trinajstić information content (AvgIpc) is 2.72. The highest BCUT2D eigenvalue weighted by molar-refractivity contribution is 5.85. The number of rotatable bonds is 6. The number of aromatic amines is 1. The Labute approximate surface area is 120 Å². The molecule has 1 amide bonds. The van der Waals surface area contributed by atoms with E-state index in [-0.39, 0.29) is 5.91 Å². The Morgan fingerprint density at radius 3 is 2.85 bits per heavy atom. The predicted octanol–water partition coefficient (Wildman–Crippen LogP) is 2.40. The van der Waals surface area contributed by atoms with Crippen molar-refractivity contribution in [1.29, 1.82) is 0 Å². The molecular formula is C16H23N3O. The van der Waals surface area contributed by atoms with Crippen LogP contribution in [0.25, 0.3) is 10.9 Å². The summed E-state index contributed by atoms with van der Waals surface area (Å²) in [6.45, 7) is 5.67. The van der Waals surface area contributed by atoms with E-state index in [0.717, 1.165) is 24.0 Å². The quantitative estimate of drug-likeness (QED) is 0.708. The van der Waals surface area contributed by atoms with Crippen LogP contribution in [0.15, 0.2) is 18.2 Å². The molecule has 1 aromatic heterocycles. The standard InChI is InChI=1S/C16H23N3O/c1-11-12(2)19-15-7-6-13(9-14(11)15)10-18-16(20)5-4-8-17-3/h6-7,9,17,19H,4-5,8,10H2,1-3H3,(H,18,20). The number of benzene rings is 1. The average molecular weight is 273 g/mol. The minimum absolute atomic E-state index is 0.113. The first-order valence-electron chi connectivity index (χ1n) is 7.11. The summed E-state index contributed by atoms with van der Waals surface area (Å²) in [5.41, 5.74) is 4.78. The first-order chi connectivity index (χ1) is 9.61. The number of carbonyl (C=O) groups is 1.